The van der Waals surface area contributed by atoms with Gasteiger partial charge in [0, 0.05) is 5.56 Å². The summed E-state index contributed by atoms with van der Waals surface area (Å²) >= 11 is 0. The third-order valence-electron chi connectivity index (χ3n) is 2.93. The lowest BCUT2D eigenvalue weighted by atomic mass is 9.94. The zero-order chi connectivity index (χ0) is 13.1. The molecule has 1 saturated heterocycles. The minimum Gasteiger partial charge on any atom is -0.496 e. The van der Waals surface area contributed by atoms with E-state index in [1.54, 1.807) is 24.3 Å². The number of para-hydroxylation sites is 1. The molecule has 1 unspecified atom stereocenters. The maximum absolute atomic E-state index is 11.6. The molecule has 18 heavy (non-hydrogen) atoms. The van der Waals surface area contributed by atoms with Crippen LogP contribution in [0, 0.1) is 5.92 Å². The van der Waals surface area contributed by atoms with Gasteiger partial charge < -0.3 is 9.47 Å². The van der Waals surface area contributed by atoms with Crippen LogP contribution < -0.4 is 16.0 Å². The van der Waals surface area contributed by atoms with Crippen molar-refractivity contribution in [3.8, 4) is 5.75 Å². The lowest BCUT2D eigenvalue weighted by Crippen LogP contribution is -2.37. The molecule has 1 heterocycles. The van der Waals surface area contributed by atoms with Gasteiger partial charge in [-0.05, 0) is 6.07 Å². The van der Waals surface area contributed by atoms with Crippen molar-refractivity contribution < 1.29 is 19.1 Å². The van der Waals surface area contributed by atoms with Gasteiger partial charge in [0.05, 0.1) is 19.4 Å². The lowest BCUT2D eigenvalue weighted by Gasteiger charge is -2.18. The van der Waals surface area contributed by atoms with Gasteiger partial charge in [0.25, 0.3) is 0 Å². The molecule has 0 saturated carbocycles. The fourth-order valence-electron chi connectivity index (χ4n) is 2.08. The number of ether oxygens (including phenoxy) is 2. The van der Waals surface area contributed by atoms with E-state index in [0.29, 0.717) is 11.3 Å². The van der Waals surface area contributed by atoms with Crippen LogP contribution in [0.1, 0.15) is 18.1 Å². The van der Waals surface area contributed by atoms with E-state index < -0.39 is 23.9 Å². The largest absolute Gasteiger partial charge is 0.496 e. The third kappa shape index (κ3) is 2.14. The number of amides is 1. The van der Waals surface area contributed by atoms with Gasteiger partial charge in [0.1, 0.15) is 11.9 Å². The Bertz CT molecular complexity index is 475. The van der Waals surface area contributed by atoms with Crippen LogP contribution in [0.4, 0.5) is 0 Å². The summed E-state index contributed by atoms with van der Waals surface area (Å²) in [4.78, 5) is 23.0. The van der Waals surface area contributed by atoms with Crippen molar-refractivity contribution in [1.82, 2.24) is 5.43 Å². The first-order valence-electron chi connectivity index (χ1n) is 5.50. The quantitative estimate of drug-likeness (QED) is 0.348. The third-order valence-corrected chi connectivity index (χ3v) is 2.93. The molecule has 0 aromatic heterocycles. The van der Waals surface area contributed by atoms with Gasteiger partial charge in [0.2, 0.25) is 5.91 Å². The van der Waals surface area contributed by atoms with Gasteiger partial charge in [-0.15, -0.1) is 0 Å². The number of hydrazine groups is 1. The molecule has 1 fully saturated rings. The maximum Gasteiger partial charge on any atom is 0.307 e. The Hall–Kier alpha value is -2.08. The number of carbonyl (C=O) groups is 2. The number of nitrogens with one attached hydrogen (secondary N) is 1. The molecule has 2 rings (SSSR count). The number of methoxy groups -OCH3 is 1. The van der Waals surface area contributed by atoms with Gasteiger partial charge in [-0.25, -0.2) is 5.84 Å². The van der Waals surface area contributed by atoms with Crippen molar-refractivity contribution in [1.29, 1.82) is 0 Å². The molecule has 2 atom stereocenters. The molecule has 3 N–H and O–H groups in total. The Kier molecular flexibility index (Phi) is 3.47. The van der Waals surface area contributed by atoms with Crippen molar-refractivity contribution in [3.63, 3.8) is 0 Å². The molecule has 1 aromatic rings. The highest BCUT2D eigenvalue weighted by molar-refractivity contribution is 5.86. The number of hydrogen-bond acceptors (Lipinski definition) is 5. The lowest BCUT2D eigenvalue weighted by molar-refractivity contribution is -0.141. The molecule has 6 nitrogen and oxygen atoms in total. The normalized spacial score (nSPS) is 22.4. The predicted octanol–water partition coefficient (Wildman–Crippen LogP) is 0.289. The first-order valence-corrected chi connectivity index (χ1v) is 5.50. The monoisotopic (exact) mass is 250 g/mol. The van der Waals surface area contributed by atoms with Gasteiger partial charge in [-0.1, -0.05) is 18.2 Å². The number of benzene rings is 1. The summed E-state index contributed by atoms with van der Waals surface area (Å²) in [7, 11) is 1.52. The molecule has 0 bridgehead atoms. The molecule has 0 aliphatic carbocycles. The highest BCUT2D eigenvalue weighted by Gasteiger charge is 2.41. The molecular formula is C12H14N2O4. The Labute approximate surface area is 104 Å². The van der Waals surface area contributed by atoms with Gasteiger partial charge in [0.15, 0.2) is 0 Å². The maximum atomic E-state index is 11.6. The molecule has 1 aliphatic heterocycles. The molecule has 0 radical (unpaired) electrons. The number of nitrogens with two attached hydrogens (primary N) is 1. The van der Waals surface area contributed by atoms with Crippen molar-refractivity contribution in [2.75, 3.05) is 7.11 Å². The number of esters is 1. The first kappa shape index (κ1) is 12.4. The highest BCUT2D eigenvalue weighted by atomic mass is 16.6. The second-order valence-corrected chi connectivity index (χ2v) is 3.97. The highest BCUT2D eigenvalue weighted by Crippen LogP contribution is 2.39. The van der Waals surface area contributed by atoms with Crippen molar-refractivity contribution in [2.45, 2.75) is 12.5 Å². The second kappa shape index (κ2) is 5.05. The van der Waals surface area contributed by atoms with Crippen LogP contribution in [0.5, 0.6) is 5.75 Å². The van der Waals surface area contributed by atoms with Gasteiger partial charge in [-0.2, -0.15) is 0 Å². The molecule has 1 amide bonds. The van der Waals surface area contributed by atoms with Gasteiger partial charge >= 0.3 is 5.97 Å². The van der Waals surface area contributed by atoms with Crippen molar-refractivity contribution in [3.05, 3.63) is 29.8 Å². The van der Waals surface area contributed by atoms with Crippen LogP contribution in [-0.2, 0) is 14.3 Å². The summed E-state index contributed by atoms with van der Waals surface area (Å²) in [6.45, 7) is 0. The summed E-state index contributed by atoms with van der Waals surface area (Å²) < 4.78 is 10.4. The van der Waals surface area contributed by atoms with Crippen LogP contribution in [0.15, 0.2) is 24.3 Å². The Balaban J connectivity index is 2.35. The summed E-state index contributed by atoms with van der Waals surface area (Å²) in [5.41, 5.74) is 2.72. The van der Waals surface area contributed by atoms with E-state index in [1.165, 1.54) is 7.11 Å². The molecular weight excluding hydrogens is 236 g/mol. The summed E-state index contributed by atoms with van der Waals surface area (Å²) in [5, 5.41) is 0. The average molecular weight is 250 g/mol. The predicted molar refractivity (Wildman–Crippen MR) is 62.3 cm³/mol. The van der Waals surface area contributed by atoms with Crippen LogP contribution in [0.3, 0.4) is 0 Å². The van der Waals surface area contributed by atoms with Gasteiger partial charge in [-0.3, -0.25) is 15.0 Å². The average Bonchev–Trinajstić information content (AvgIpc) is 2.79. The van der Waals surface area contributed by atoms with E-state index in [2.05, 4.69) is 5.43 Å². The van der Waals surface area contributed by atoms with E-state index >= 15 is 0 Å². The van der Waals surface area contributed by atoms with Crippen LogP contribution in [0.25, 0.3) is 0 Å². The van der Waals surface area contributed by atoms with E-state index in [0.717, 1.165) is 0 Å². The fraction of sp³-hybridized carbons (Fsp3) is 0.333. The molecule has 1 aliphatic rings. The minimum absolute atomic E-state index is 0.0196. The van der Waals surface area contributed by atoms with E-state index in [4.69, 9.17) is 15.3 Å². The standard InChI is InChI=1S/C12H14N2O4/c1-17-9-5-3-2-4-7(9)11-8(12(16)14-13)6-10(15)18-11/h2-5,8,11H,6,13H2,1H3,(H,14,16)/t8-,11?/m1/s1. The summed E-state index contributed by atoms with van der Waals surface area (Å²) in [5.74, 6) is 4.22. The second-order valence-electron chi connectivity index (χ2n) is 3.97. The summed E-state index contributed by atoms with van der Waals surface area (Å²) in [6.07, 6.45) is -0.636. The zero-order valence-corrected chi connectivity index (χ0v) is 9.88. The number of carbonyl (C=O) groups excluding carboxylic acids is 2. The van der Waals surface area contributed by atoms with Crippen LogP contribution >= 0.6 is 0 Å². The zero-order valence-electron chi connectivity index (χ0n) is 9.88. The van der Waals surface area contributed by atoms with Crippen molar-refractivity contribution >= 4 is 11.9 Å². The Morgan fingerprint density at radius 3 is 2.89 bits per heavy atom. The number of hydrogen-bond donors (Lipinski definition) is 2. The Morgan fingerprint density at radius 1 is 1.50 bits per heavy atom. The molecule has 1 aromatic carbocycles. The molecule has 0 spiro atoms. The van der Waals surface area contributed by atoms with Crippen molar-refractivity contribution in [2.24, 2.45) is 11.8 Å². The Morgan fingerprint density at radius 2 is 2.22 bits per heavy atom. The molecule has 96 valence electrons. The molecule has 6 heteroatoms. The minimum atomic E-state index is -0.655. The van der Waals surface area contributed by atoms with E-state index in [1.807, 2.05) is 0 Å². The number of rotatable bonds is 3. The smallest absolute Gasteiger partial charge is 0.307 e. The van der Waals surface area contributed by atoms with Crippen LogP contribution in [-0.4, -0.2) is 19.0 Å². The first-order chi connectivity index (χ1) is 8.67. The van der Waals surface area contributed by atoms with E-state index in [-0.39, 0.29) is 6.42 Å². The fourth-order valence-corrected chi connectivity index (χ4v) is 2.08. The SMILES string of the molecule is COc1ccccc1C1OC(=O)C[C@H]1C(=O)NN. The summed E-state index contributed by atoms with van der Waals surface area (Å²) in [6, 6.07) is 7.11. The topological polar surface area (TPSA) is 90.6 Å². The van der Waals surface area contributed by atoms with E-state index in [9.17, 15) is 9.59 Å². The van der Waals surface area contributed by atoms with Crippen LogP contribution in [0.2, 0.25) is 0 Å². The number of cyclic esters (lactones) is 1.